The maximum atomic E-state index is 12.8. The van der Waals surface area contributed by atoms with Crippen LogP contribution in [0.25, 0.3) is 0 Å². The number of carbonyl (C=O) groups excluding carboxylic acids is 1. The van der Waals surface area contributed by atoms with E-state index in [1.807, 2.05) is 44.2 Å². The molecule has 0 aliphatic carbocycles. The van der Waals surface area contributed by atoms with Crippen LogP contribution in [0.1, 0.15) is 29.7 Å². The highest BCUT2D eigenvalue weighted by atomic mass is 32.2. The van der Waals surface area contributed by atoms with E-state index in [4.69, 9.17) is 0 Å². The molecule has 0 aliphatic rings. The van der Waals surface area contributed by atoms with Gasteiger partial charge in [-0.2, -0.15) is 4.31 Å². The van der Waals surface area contributed by atoms with E-state index in [0.717, 1.165) is 21.1 Å². The first-order valence-corrected chi connectivity index (χ1v) is 11.9. The topological polar surface area (TPSA) is 78.5 Å². The molecule has 0 saturated heterocycles. The summed E-state index contributed by atoms with van der Waals surface area (Å²) in [5.41, 5.74) is 4.61. The third kappa shape index (κ3) is 5.75. The molecule has 0 heterocycles. The molecule has 32 heavy (non-hydrogen) atoms. The standard InChI is InChI=1S/C25H29N3O3S/c1-18-10-15-24(16-19(18)2)32(30,31)28(4)17-25(29)27-23-13-11-22(12-14-23)26-20(3)21-8-6-5-7-9-21/h5-16,20,26H,17H2,1-4H3,(H,27,29). The molecule has 3 aromatic rings. The number of aryl methyl sites for hydroxylation is 2. The maximum absolute atomic E-state index is 12.8. The van der Waals surface area contributed by atoms with Gasteiger partial charge in [-0.1, -0.05) is 36.4 Å². The summed E-state index contributed by atoms with van der Waals surface area (Å²) in [6.45, 7) is 5.59. The molecule has 7 heteroatoms. The normalized spacial score (nSPS) is 12.4. The summed E-state index contributed by atoms with van der Waals surface area (Å²) >= 11 is 0. The second kappa shape index (κ2) is 9.97. The highest BCUT2D eigenvalue weighted by Gasteiger charge is 2.23. The van der Waals surface area contributed by atoms with E-state index in [-0.39, 0.29) is 17.5 Å². The fourth-order valence-corrected chi connectivity index (χ4v) is 4.48. The lowest BCUT2D eigenvalue weighted by molar-refractivity contribution is -0.116. The summed E-state index contributed by atoms with van der Waals surface area (Å²) in [7, 11) is -2.34. The van der Waals surface area contributed by atoms with E-state index in [2.05, 4.69) is 29.7 Å². The fourth-order valence-electron chi connectivity index (χ4n) is 3.27. The Morgan fingerprint density at radius 1 is 0.906 bits per heavy atom. The number of benzene rings is 3. The molecular formula is C25H29N3O3S. The molecule has 1 unspecified atom stereocenters. The third-order valence-corrected chi connectivity index (χ3v) is 7.20. The van der Waals surface area contributed by atoms with Crippen molar-refractivity contribution in [2.45, 2.75) is 31.7 Å². The Labute approximate surface area is 190 Å². The molecule has 0 radical (unpaired) electrons. The van der Waals surface area contributed by atoms with Gasteiger partial charge >= 0.3 is 0 Å². The van der Waals surface area contributed by atoms with E-state index in [0.29, 0.717) is 5.69 Å². The lowest BCUT2D eigenvalue weighted by Gasteiger charge is -2.18. The van der Waals surface area contributed by atoms with Crippen LogP contribution in [0.5, 0.6) is 0 Å². The molecule has 0 fully saturated rings. The van der Waals surface area contributed by atoms with Crippen LogP contribution in [0, 0.1) is 13.8 Å². The Bertz CT molecular complexity index is 1180. The minimum absolute atomic E-state index is 0.140. The monoisotopic (exact) mass is 451 g/mol. The molecule has 0 aromatic heterocycles. The predicted octanol–water partition coefficient (Wildman–Crippen LogP) is 4.74. The molecule has 1 amide bonds. The number of rotatable bonds is 8. The maximum Gasteiger partial charge on any atom is 0.243 e. The molecule has 168 valence electrons. The SMILES string of the molecule is Cc1ccc(S(=O)(=O)N(C)CC(=O)Nc2ccc(NC(C)c3ccccc3)cc2)cc1C. The van der Waals surface area contributed by atoms with Crippen LogP contribution < -0.4 is 10.6 Å². The Morgan fingerprint density at radius 2 is 1.53 bits per heavy atom. The highest BCUT2D eigenvalue weighted by Crippen LogP contribution is 2.21. The second-order valence-corrected chi connectivity index (χ2v) is 9.95. The van der Waals surface area contributed by atoms with Crippen molar-refractivity contribution in [3.63, 3.8) is 0 Å². The number of anilines is 2. The summed E-state index contributed by atoms with van der Waals surface area (Å²) < 4.78 is 26.6. The summed E-state index contributed by atoms with van der Waals surface area (Å²) in [6.07, 6.45) is 0. The molecule has 6 nitrogen and oxygen atoms in total. The van der Waals surface area contributed by atoms with Crippen LogP contribution in [0.15, 0.2) is 77.7 Å². The quantitative estimate of drug-likeness (QED) is 0.519. The first kappa shape index (κ1) is 23.5. The van der Waals surface area contributed by atoms with Crippen molar-refractivity contribution in [2.24, 2.45) is 0 Å². The third-order valence-electron chi connectivity index (χ3n) is 5.40. The van der Waals surface area contributed by atoms with Crippen LogP contribution in [0.4, 0.5) is 11.4 Å². The Hall–Kier alpha value is -3.16. The van der Waals surface area contributed by atoms with Gasteiger partial charge in [-0.05, 0) is 73.9 Å². The van der Waals surface area contributed by atoms with Crippen molar-refractivity contribution < 1.29 is 13.2 Å². The van der Waals surface area contributed by atoms with Gasteiger partial charge in [0, 0.05) is 24.5 Å². The number of hydrogen-bond acceptors (Lipinski definition) is 4. The number of nitrogens with one attached hydrogen (secondary N) is 2. The molecule has 0 spiro atoms. The van der Waals surface area contributed by atoms with Gasteiger partial charge in [-0.15, -0.1) is 0 Å². The van der Waals surface area contributed by atoms with Crippen LogP contribution in [-0.2, 0) is 14.8 Å². The average Bonchev–Trinajstić information content (AvgIpc) is 2.77. The first-order valence-electron chi connectivity index (χ1n) is 10.4. The van der Waals surface area contributed by atoms with Gasteiger partial charge in [-0.25, -0.2) is 8.42 Å². The highest BCUT2D eigenvalue weighted by molar-refractivity contribution is 7.89. The number of carbonyl (C=O) groups is 1. The summed E-state index contributed by atoms with van der Waals surface area (Å²) in [6, 6.07) is 22.6. The van der Waals surface area contributed by atoms with Crippen LogP contribution in [-0.4, -0.2) is 32.2 Å². The molecule has 1 atom stereocenters. The number of sulfonamides is 1. The molecule has 0 bridgehead atoms. The summed E-state index contributed by atoms with van der Waals surface area (Å²) in [5.74, 6) is -0.404. The van der Waals surface area contributed by atoms with Gasteiger partial charge in [0.25, 0.3) is 0 Å². The molecule has 0 aliphatic heterocycles. The Morgan fingerprint density at radius 3 is 2.16 bits per heavy atom. The largest absolute Gasteiger partial charge is 0.379 e. The van der Waals surface area contributed by atoms with Crippen molar-refractivity contribution in [3.05, 3.63) is 89.5 Å². The van der Waals surface area contributed by atoms with Crippen molar-refractivity contribution in [3.8, 4) is 0 Å². The molecule has 0 saturated carbocycles. The van der Waals surface area contributed by atoms with E-state index < -0.39 is 15.9 Å². The molecular weight excluding hydrogens is 422 g/mol. The lowest BCUT2D eigenvalue weighted by atomic mass is 10.1. The van der Waals surface area contributed by atoms with E-state index in [1.54, 1.807) is 30.3 Å². The van der Waals surface area contributed by atoms with Crippen molar-refractivity contribution >= 4 is 27.3 Å². The van der Waals surface area contributed by atoms with Gasteiger partial charge in [0.1, 0.15) is 0 Å². The Balaban J connectivity index is 1.59. The zero-order valence-corrected chi connectivity index (χ0v) is 19.6. The van der Waals surface area contributed by atoms with Crippen molar-refractivity contribution in [1.82, 2.24) is 4.31 Å². The summed E-state index contributed by atoms with van der Waals surface area (Å²) in [4.78, 5) is 12.6. The van der Waals surface area contributed by atoms with Gasteiger partial charge in [0.2, 0.25) is 15.9 Å². The fraction of sp³-hybridized carbons (Fsp3) is 0.240. The zero-order chi connectivity index (χ0) is 23.3. The number of nitrogens with zero attached hydrogens (tertiary/aromatic N) is 1. The molecule has 3 aromatic carbocycles. The van der Waals surface area contributed by atoms with Crippen LogP contribution >= 0.6 is 0 Å². The smallest absolute Gasteiger partial charge is 0.243 e. The van der Waals surface area contributed by atoms with Crippen molar-refractivity contribution in [1.29, 1.82) is 0 Å². The Kier molecular flexibility index (Phi) is 7.33. The minimum Gasteiger partial charge on any atom is -0.379 e. The van der Waals surface area contributed by atoms with Gasteiger partial charge < -0.3 is 10.6 Å². The van der Waals surface area contributed by atoms with E-state index in [9.17, 15) is 13.2 Å². The lowest BCUT2D eigenvalue weighted by Crippen LogP contribution is -2.35. The minimum atomic E-state index is -3.75. The summed E-state index contributed by atoms with van der Waals surface area (Å²) in [5, 5.41) is 6.17. The van der Waals surface area contributed by atoms with Crippen LogP contribution in [0.3, 0.4) is 0 Å². The van der Waals surface area contributed by atoms with Gasteiger partial charge in [0.15, 0.2) is 0 Å². The second-order valence-electron chi connectivity index (χ2n) is 7.91. The molecule has 3 rings (SSSR count). The van der Waals surface area contributed by atoms with E-state index >= 15 is 0 Å². The number of likely N-dealkylation sites (N-methyl/N-ethyl adjacent to an activating group) is 1. The predicted molar refractivity (Wildman–Crippen MR) is 129 cm³/mol. The van der Waals surface area contributed by atoms with Crippen molar-refractivity contribution in [2.75, 3.05) is 24.2 Å². The molecule has 2 N–H and O–H groups in total. The van der Waals surface area contributed by atoms with E-state index in [1.165, 1.54) is 12.6 Å². The zero-order valence-electron chi connectivity index (χ0n) is 18.8. The van der Waals surface area contributed by atoms with Crippen LogP contribution in [0.2, 0.25) is 0 Å². The first-order chi connectivity index (χ1) is 15.2. The average molecular weight is 452 g/mol. The number of amides is 1. The van der Waals surface area contributed by atoms with Gasteiger partial charge in [-0.3, -0.25) is 4.79 Å². The number of hydrogen-bond donors (Lipinski definition) is 2. The van der Waals surface area contributed by atoms with Gasteiger partial charge in [0.05, 0.1) is 11.4 Å².